The smallest absolute Gasteiger partial charge is 0.418 e. The molecule has 3 rings (SSSR count). The van der Waals surface area contributed by atoms with Crippen molar-refractivity contribution in [2.75, 3.05) is 0 Å². The summed E-state index contributed by atoms with van der Waals surface area (Å²) in [6, 6.07) is 17.8. The van der Waals surface area contributed by atoms with Crippen LogP contribution in [-0.4, -0.2) is 12.5 Å². The summed E-state index contributed by atoms with van der Waals surface area (Å²) < 4.78 is 39.0. The van der Waals surface area contributed by atoms with Crippen LogP contribution in [0.25, 0.3) is 0 Å². The molecular formula is C16H17BF4S2. The van der Waals surface area contributed by atoms with Crippen LogP contribution in [0, 0.1) is 0 Å². The molecule has 7 heteroatoms. The second-order valence-corrected chi connectivity index (χ2v) is 8.49. The molecule has 2 aromatic rings. The molecule has 1 atom stereocenters. The fourth-order valence-corrected chi connectivity index (χ4v) is 6.38. The van der Waals surface area contributed by atoms with E-state index in [0.717, 1.165) is 0 Å². The molecule has 0 spiro atoms. The first-order valence-electron chi connectivity index (χ1n) is 7.27. The van der Waals surface area contributed by atoms with Gasteiger partial charge in [-0.15, -0.1) is 0 Å². The van der Waals surface area contributed by atoms with Crippen LogP contribution in [0.1, 0.15) is 20.3 Å². The van der Waals surface area contributed by atoms with Crippen molar-refractivity contribution in [2.24, 2.45) is 0 Å². The molecule has 0 bridgehead atoms. The molecule has 0 aromatic heterocycles. The summed E-state index contributed by atoms with van der Waals surface area (Å²) in [5.41, 5.74) is 0. The first kappa shape index (κ1) is 18.3. The summed E-state index contributed by atoms with van der Waals surface area (Å²) >= 11 is 1.92. The van der Waals surface area contributed by atoms with E-state index < -0.39 is 7.25 Å². The quantitative estimate of drug-likeness (QED) is 0.345. The summed E-state index contributed by atoms with van der Waals surface area (Å²) in [6.45, 7) is 4.68. The van der Waals surface area contributed by atoms with E-state index in [1.165, 1.54) is 26.0 Å². The van der Waals surface area contributed by atoms with Crippen LogP contribution in [0.3, 0.4) is 0 Å². The van der Waals surface area contributed by atoms with Gasteiger partial charge in [-0.25, -0.2) is 0 Å². The van der Waals surface area contributed by atoms with Crippen molar-refractivity contribution in [1.82, 2.24) is 0 Å². The van der Waals surface area contributed by atoms with Crippen molar-refractivity contribution in [3.05, 3.63) is 48.5 Å². The van der Waals surface area contributed by atoms with Crippen LogP contribution in [0.4, 0.5) is 17.3 Å². The molecule has 0 nitrogen and oxygen atoms in total. The van der Waals surface area contributed by atoms with Gasteiger partial charge in [-0.2, -0.15) is 0 Å². The Bertz CT molecular complexity index is 609. The molecule has 1 heterocycles. The van der Waals surface area contributed by atoms with E-state index in [4.69, 9.17) is 0 Å². The zero-order valence-corrected chi connectivity index (χ0v) is 14.4. The van der Waals surface area contributed by atoms with Crippen LogP contribution < -0.4 is 0 Å². The van der Waals surface area contributed by atoms with Gasteiger partial charge >= 0.3 is 7.25 Å². The Morgan fingerprint density at radius 2 is 1.30 bits per heavy atom. The molecule has 0 N–H and O–H groups in total. The van der Waals surface area contributed by atoms with Gasteiger partial charge in [0.15, 0.2) is 9.79 Å². The first-order valence-corrected chi connectivity index (χ1v) is 9.38. The summed E-state index contributed by atoms with van der Waals surface area (Å²) in [6.07, 6.45) is 1.23. The number of halogens is 4. The van der Waals surface area contributed by atoms with Gasteiger partial charge in [0.05, 0.1) is 20.7 Å². The zero-order valence-electron chi connectivity index (χ0n) is 12.8. The van der Waals surface area contributed by atoms with Gasteiger partial charge in [0, 0.05) is 0 Å². The molecule has 23 heavy (non-hydrogen) atoms. The average Bonchev–Trinajstić information content (AvgIpc) is 2.50. The van der Waals surface area contributed by atoms with Crippen molar-refractivity contribution in [3.8, 4) is 0 Å². The second-order valence-electron chi connectivity index (χ2n) is 5.05. The van der Waals surface area contributed by atoms with Crippen molar-refractivity contribution >= 4 is 29.9 Å². The molecule has 1 aliphatic rings. The van der Waals surface area contributed by atoms with Gasteiger partial charge < -0.3 is 17.3 Å². The van der Waals surface area contributed by atoms with Gasteiger partial charge in [0.1, 0.15) is 5.25 Å². The molecule has 0 saturated heterocycles. The number of hydrogen-bond donors (Lipinski definition) is 0. The minimum Gasteiger partial charge on any atom is -0.418 e. The Labute approximate surface area is 141 Å². The lowest BCUT2D eigenvalue weighted by Gasteiger charge is -2.22. The van der Waals surface area contributed by atoms with Gasteiger partial charge in [-0.1, -0.05) is 43.0 Å². The highest BCUT2D eigenvalue weighted by atomic mass is 32.2. The summed E-state index contributed by atoms with van der Waals surface area (Å²) in [4.78, 5) is 5.96. The number of fused-ring (bicyclic) bond motifs is 2. The Hall–Kier alpha value is -1.08. The Balaban J connectivity index is 0.000000338. The largest absolute Gasteiger partial charge is 0.673 e. The molecule has 2 aromatic carbocycles. The molecule has 1 unspecified atom stereocenters. The molecule has 0 aliphatic carbocycles. The van der Waals surface area contributed by atoms with Gasteiger partial charge in [0.2, 0.25) is 0 Å². The zero-order chi connectivity index (χ0) is 17.0. The highest BCUT2D eigenvalue weighted by Gasteiger charge is 2.38. The molecule has 0 fully saturated rings. The van der Waals surface area contributed by atoms with E-state index >= 15 is 0 Å². The van der Waals surface area contributed by atoms with E-state index in [2.05, 4.69) is 62.4 Å². The maximum Gasteiger partial charge on any atom is 0.673 e. The summed E-state index contributed by atoms with van der Waals surface area (Å²) in [7, 11) is -5.76. The Morgan fingerprint density at radius 1 is 0.913 bits per heavy atom. The fraction of sp³-hybridized carbons (Fsp3) is 0.250. The van der Waals surface area contributed by atoms with E-state index in [1.54, 1.807) is 0 Å². The third-order valence-electron chi connectivity index (χ3n) is 3.37. The van der Waals surface area contributed by atoms with Gasteiger partial charge in [-0.05, 0) is 37.6 Å². The van der Waals surface area contributed by atoms with Crippen molar-refractivity contribution in [1.29, 1.82) is 0 Å². The fourth-order valence-electron chi connectivity index (χ4n) is 2.27. The normalized spacial score (nSPS) is 15.0. The molecule has 124 valence electrons. The van der Waals surface area contributed by atoms with Crippen LogP contribution >= 0.6 is 11.8 Å². The van der Waals surface area contributed by atoms with Crippen molar-refractivity contribution in [3.63, 3.8) is 0 Å². The SMILES string of the molecule is CCC(C)[S+]1c2ccccc2Sc2ccccc21.F[B-](F)(F)F. The van der Waals surface area contributed by atoms with Gasteiger partial charge in [0.25, 0.3) is 0 Å². The lowest BCUT2D eigenvalue weighted by Crippen LogP contribution is -2.21. The van der Waals surface area contributed by atoms with Crippen LogP contribution in [0.5, 0.6) is 0 Å². The standard InChI is InChI=1S/C16H17S2.BF4/c1-3-12(2)18-15-10-6-4-8-13(15)17-14-9-5-7-11-16(14)18;2-1(3,4)5/h4-12H,3H2,1-2H3;/q+1;-1. The highest BCUT2D eigenvalue weighted by Crippen LogP contribution is 2.47. The molecular weight excluding hydrogens is 343 g/mol. The number of rotatable bonds is 2. The second kappa shape index (κ2) is 7.66. The van der Waals surface area contributed by atoms with E-state index in [1.807, 2.05) is 11.8 Å². The van der Waals surface area contributed by atoms with Crippen LogP contribution in [0.2, 0.25) is 0 Å². The maximum absolute atomic E-state index is 9.75. The number of benzene rings is 2. The third kappa shape index (κ3) is 4.95. The van der Waals surface area contributed by atoms with Crippen LogP contribution in [-0.2, 0) is 10.9 Å². The lowest BCUT2D eigenvalue weighted by molar-refractivity contribution is 0.368. The highest BCUT2D eigenvalue weighted by molar-refractivity contribution is 8.04. The van der Waals surface area contributed by atoms with E-state index in [0.29, 0.717) is 5.25 Å². The molecule has 0 radical (unpaired) electrons. The third-order valence-corrected chi connectivity index (χ3v) is 7.58. The Morgan fingerprint density at radius 3 is 1.70 bits per heavy atom. The monoisotopic (exact) mass is 360 g/mol. The lowest BCUT2D eigenvalue weighted by atomic mass is 10.3. The van der Waals surface area contributed by atoms with E-state index in [9.17, 15) is 17.3 Å². The molecule has 0 amide bonds. The number of hydrogen-bond acceptors (Lipinski definition) is 1. The summed E-state index contributed by atoms with van der Waals surface area (Å²) in [5.74, 6) is 0. The maximum atomic E-state index is 9.75. The minimum atomic E-state index is -6.00. The predicted octanol–water partition coefficient (Wildman–Crippen LogP) is 6.29. The predicted molar refractivity (Wildman–Crippen MR) is 90.8 cm³/mol. The van der Waals surface area contributed by atoms with Crippen LogP contribution in [0.15, 0.2) is 68.1 Å². The first-order chi connectivity index (χ1) is 10.8. The summed E-state index contributed by atoms with van der Waals surface area (Å²) in [5, 5.41) is 0.716. The Kier molecular flexibility index (Phi) is 6.09. The van der Waals surface area contributed by atoms with Crippen molar-refractivity contribution in [2.45, 2.75) is 45.1 Å². The molecule has 0 saturated carbocycles. The van der Waals surface area contributed by atoms with E-state index in [-0.39, 0.29) is 10.9 Å². The topological polar surface area (TPSA) is 0 Å². The van der Waals surface area contributed by atoms with Crippen molar-refractivity contribution < 1.29 is 17.3 Å². The van der Waals surface area contributed by atoms with Gasteiger partial charge in [-0.3, -0.25) is 0 Å². The average molecular weight is 360 g/mol. The minimum absolute atomic E-state index is 0.240. The molecule has 1 aliphatic heterocycles.